The van der Waals surface area contributed by atoms with Crippen molar-refractivity contribution in [2.45, 2.75) is 19.4 Å². The minimum absolute atomic E-state index is 0.0545. The largest absolute Gasteiger partial charge is 0.497 e. The van der Waals surface area contributed by atoms with E-state index < -0.39 is 10.2 Å². The molecule has 1 fully saturated rings. The normalized spacial score (nSPS) is 16.0. The topological polar surface area (TPSA) is 109 Å². The predicted octanol–water partition coefficient (Wildman–Crippen LogP) is 1.22. The van der Waals surface area contributed by atoms with Crippen molar-refractivity contribution in [3.05, 3.63) is 30.2 Å². The molecule has 1 amide bonds. The molecular weight excluding hydrogens is 410 g/mol. The van der Waals surface area contributed by atoms with Crippen LogP contribution in [0.3, 0.4) is 0 Å². The SMILES string of the molecule is COc1ccc(-c2noc(CN(C)C(=O)C3CCN(S(=O)(=O)N(C)C)CC3)n2)cc1. The molecule has 1 aromatic carbocycles. The molecule has 0 atom stereocenters. The molecular formula is C19H27N5O5S. The Morgan fingerprint density at radius 3 is 2.40 bits per heavy atom. The van der Waals surface area contributed by atoms with Gasteiger partial charge in [0.1, 0.15) is 5.75 Å². The van der Waals surface area contributed by atoms with Crippen LogP contribution in [0.2, 0.25) is 0 Å². The molecule has 2 aromatic rings. The standard InChI is InChI=1S/C19H27N5O5S/c1-22(2)30(26,27)24-11-9-15(10-12-24)19(25)23(3)13-17-20-18(21-29-17)14-5-7-16(28-4)8-6-14/h5-8,15H,9-13H2,1-4H3. The first-order valence-electron chi connectivity index (χ1n) is 9.62. The quantitative estimate of drug-likeness (QED) is 0.641. The van der Waals surface area contributed by atoms with Gasteiger partial charge in [0.25, 0.3) is 10.2 Å². The fourth-order valence-electron chi connectivity index (χ4n) is 3.33. The van der Waals surface area contributed by atoms with Crippen molar-refractivity contribution in [1.82, 2.24) is 23.7 Å². The monoisotopic (exact) mass is 437 g/mol. The Morgan fingerprint density at radius 1 is 1.20 bits per heavy atom. The van der Waals surface area contributed by atoms with Crippen molar-refractivity contribution < 1.29 is 22.5 Å². The van der Waals surface area contributed by atoms with Gasteiger partial charge < -0.3 is 14.2 Å². The van der Waals surface area contributed by atoms with Crippen LogP contribution in [-0.4, -0.2) is 79.3 Å². The smallest absolute Gasteiger partial charge is 0.281 e. The molecule has 10 nitrogen and oxygen atoms in total. The summed E-state index contributed by atoms with van der Waals surface area (Å²) in [5, 5.41) is 3.98. The number of hydrogen-bond donors (Lipinski definition) is 0. The summed E-state index contributed by atoms with van der Waals surface area (Å²) in [5.74, 6) is 1.23. The van der Waals surface area contributed by atoms with Crippen LogP contribution in [0.5, 0.6) is 5.75 Å². The van der Waals surface area contributed by atoms with Crippen LogP contribution < -0.4 is 4.74 Å². The number of aromatic nitrogens is 2. The van der Waals surface area contributed by atoms with Gasteiger partial charge in [0.15, 0.2) is 0 Å². The molecule has 0 N–H and O–H groups in total. The molecule has 0 spiro atoms. The average molecular weight is 438 g/mol. The van der Waals surface area contributed by atoms with Gasteiger partial charge in [-0.05, 0) is 37.1 Å². The third kappa shape index (κ3) is 4.79. The van der Waals surface area contributed by atoms with Crippen molar-refractivity contribution in [2.75, 3.05) is 41.3 Å². The van der Waals surface area contributed by atoms with Crippen LogP contribution in [0.1, 0.15) is 18.7 Å². The van der Waals surface area contributed by atoms with E-state index in [1.165, 1.54) is 22.7 Å². The highest BCUT2D eigenvalue weighted by molar-refractivity contribution is 7.86. The van der Waals surface area contributed by atoms with Crippen LogP contribution in [0, 0.1) is 5.92 Å². The van der Waals surface area contributed by atoms with Crippen LogP contribution in [0.15, 0.2) is 28.8 Å². The van der Waals surface area contributed by atoms with Crippen LogP contribution in [-0.2, 0) is 21.5 Å². The third-order valence-electron chi connectivity index (χ3n) is 5.16. The van der Waals surface area contributed by atoms with E-state index >= 15 is 0 Å². The van der Waals surface area contributed by atoms with E-state index in [-0.39, 0.29) is 18.4 Å². The summed E-state index contributed by atoms with van der Waals surface area (Å²) in [6, 6.07) is 7.28. The zero-order chi connectivity index (χ0) is 21.9. The molecule has 0 radical (unpaired) electrons. The van der Waals surface area contributed by atoms with E-state index in [0.717, 1.165) is 11.3 Å². The Morgan fingerprint density at radius 2 is 1.83 bits per heavy atom. The van der Waals surface area contributed by atoms with Gasteiger partial charge >= 0.3 is 0 Å². The zero-order valence-electron chi connectivity index (χ0n) is 17.6. The van der Waals surface area contributed by atoms with Crippen LogP contribution in [0.25, 0.3) is 11.4 Å². The first-order valence-corrected chi connectivity index (χ1v) is 11.0. The molecule has 11 heteroatoms. The molecule has 30 heavy (non-hydrogen) atoms. The lowest BCUT2D eigenvalue weighted by Crippen LogP contribution is -2.47. The van der Waals surface area contributed by atoms with Gasteiger partial charge in [-0.25, -0.2) is 0 Å². The Balaban J connectivity index is 1.57. The summed E-state index contributed by atoms with van der Waals surface area (Å²) in [6.45, 7) is 0.845. The number of ether oxygens (including phenoxy) is 1. The van der Waals surface area contributed by atoms with E-state index in [0.29, 0.717) is 37.6 Å². The van der Waals surface area contributed by atoms with Crippen molar-refractivity contribution in [3.8, 4) is 17.1 Å². The number of methoxy groups -OCH3 is 1. The zero-order valence-corrected chi connectivity index (χ0v) is 18.4. The summed E-state index contributed by atoms with van der Waals surface area (Å²) in [5.41, 5.74) is 0.786. The number of piperidine rings is 1. The maximum atomic E-state index is 12.8. The first-order chi connectivity index (χ1) is 14.2. The number of carbonyl (C=O) groups excluding carboxylic acids is 1. The van der Waals surface area contributed by atoms with E-state index in [9.17, 15) is 13.2 Å². The summed E-state index contributed by atoms with van der Waals surface area (Å²) in [7, 11) is 2.84. The molecule has 164 valence electrons. The molecule has 0 bridgehead atoms. The van der Waals surface area contributed by atoms with Crippen LogP contribution in [0.4, 0.5) is 0 Å². The molecule has 1 aliphatic heterocycles. The number of carbonyl (C=O) groups is 1. The van der Waals surface area contributed by atoms with Crippen LogP contribution >= 0.6 is 0 Å². The summed E-state index contributed by atoms with van der Waals surface area (Å²) < 4.78 is 37.5. The van der Waals surface area contributed by atoms with Gasteiger partial charge in [-0.3, -0.25) is 4.79 Å². The molecule has 1 aliphatic rings. The lowest BCUT2D eigenvalue weighted by Gasteiger charge is -2.33. The third-order valence-corrected chi connectivity index (χ3v) is 7.10. The minimum Gasteiger partial charge on any atom is -0.497 e. The second kappa shape index (κ2) is 9.11. The van der Waals surface area contributed by atoms with E-state index in [2.05, 4.69) is 10.1 Å². The van der Waals surface area contributed by atoms with Crippen molar-refractivity contribution in [2.24, 2.45) is 5.92 Å². The maximum Gasteiger partial charge on any atom is 0.281 e. The van der Waals surface area contributed by atoms with Gasteiger partial charge in [-0.1, -0.05) is 5.16 Å². The molecule has 0 unspecified atom stereocenters. The lowest BCUT2D eigenvalue weighted by atomic mass is 9.97. The molecule has 1 aromatic heterocycles. The summed E-state index contributed by atoms with van der Waals surface area (Å²) in [6.07, 6.45) is 0.967. The maximum absolute atomic E-state index is 12.8. The lowest BCUT2D eigenvalue weighted by molar-refractivity contribution is -0.136. The van der Waals surface area contributed by atoms with Gasteiger partial charge in [0, 0.05) is 45.7 Å². The summed E-state index contributed by atoms with van der Waals surface area (Å²) >= 11 is 0. The highest BCUT2D eigenvalue weighted by Crippen LogP contribution is 2.23. The minimum atomic E-state index is -3.45. The molecule has 0 saturated carbocycles. The fourth-order valence-corrected chi connectivity index (χ4v) is 4.47. The summed E-state index contributed by atoms with van der Waals surface area (Å²) in [4.78, 5) is 18.7. The molecule has 0 aliphatic carbocycles. The Labute approximate surface area is 176 Å². The van der Waals surface area contributed by atoms with Gasteiger partial charge in [-0.2, -0.15) is 22.0 Å². The van der Waals surface area contributed by atoms with E-state index in [4.69, 9.17) is 9.26 Å². The first kappa shape index (κ1) is 22.2. The molecule has 1 saturated heterocycles. The molecule has 2 heterocycles. The Kier molecular flexibility index (Phi) is 6.74. The number of hydrogen-bond acceptors (Lipinski definition) is 7. The second-order valence-corrected chi connectivity index (χ2v) is 9.54. The number of rotatable bonds is 7. The van der Waals surface area contributed by atoms with Gasteiger partial charge in [-0.15, -0.1) is 0 Å². The van der Waals surface area contributed by atoms with Crippen molar-refractivity contribution in [3.63, 3.8) is 0 Å². The Bertz CT molecular complexity index is 965. The average Bonchev–Trinajstić information content (AvgIpc) is 3.21. The van der Waals surface area contributed by atoms with Crippen molar-refractivity contribution >= 4 is 16.1 Å². The highest BCUT2D eigenvalue weighted by atomic mass is 32.2. The fraction of sp³-hybridized carbons (Fsp3) is 0.526. The number of amides is 1. The molecule has 3 rings (SSSR count). The van der Waals surface area contributed by atoms with E-state index in [1.54, 1.807) is 19.1 Å². The number of benzene rings is 1. The highest BCUT2D eigenvalue weighted by Gasteiger charge is 2.33. The second-order valence-electron chi connectivity index (χ2n) is 7.40. The number of nitrogens with zero attached hydrogens (tertiary/aromatic N) is 5. The predicted molar refractivity (Wildman–Crippen MR) is 110 cm³/mol. The van der Waals surface area contributed by atoms with Gasteiger partial charge in [0.05, 0.1) is 13.7 Å². The Hall–Kier alpha value is -2.50. The van der Waals surface area contributed by atoms with Gasteiger partial charge in [0.2, 0.25) is 17.6 Å². The van der Waals surface area contributed by atoms with E-state index in [1.807, 2.05) is 24.3 Å². The van der Waals surface area contributed by atoms with Crippen molar-refractivity contribution in [1.29, 1.82) is 0 Å².